The minimum atomic E-state index is -0.367. The van der Waals surface area contributed by atoms with Gasteiger partial charge in [-0.05, 0) is 24.0 Å². The second-order valence-corrected chi connectivity index (χ2v) is 6.24. The fraction of sp³-hybridized carbons (Fsp3) is 0.588. The van der Waals surface area contributed by atoms with Crippen LogP contribution in [0, 0.1) is 5.41 Å². The number of para-hydroxylation sites is 1. The molecule has 1 rings (SSSR count). The van der Waals surface area contributed by atoms with Gasteiger partial charge >= 0.3 is 5.97 Å². The van der Waals surface area contributed by atoms with Crippen LogP contribution >= 0.6 is 0 Å². The van der Waals surface area contributed by atoms with Gasteiger partial charge in [0.25, 0.3) is 0 Å². The molecule has 0 heterocycles. The average Bonchev–Trinajstić information content (AvgIpc) is 2.45. The lowest BCUT2D eigenvalue weighted by Gasteiger charge is -2.26. The summed E-state index contributed by atoms with van der Waals surface area (Å²) in [6, 6.07) is 5.28. The lowest BCUT2D eigenvalue weighted by Crippen LogP contribution is -2.24. The van der Waals surface area contributed by atoms with Gasteiger partial charge in [-0.3, -0.25) is 0 Å². The molecule has 4 nitrogen and oxygen atoms in total. The molecule has 0 unspecified atom stereocenters. The highest BCUT2D eigenvalue weighted by molar-refractivity contribution is 5.98. The third-order valence-corrected chi connectivity index (χ3v) is 3.70. The van der Waals surface area contributed by atoms with Crippen LogP contribution in [0.5, 0.6) is 0 Å². The molecule has 0 spiro atoms. The zero-order valence-corrected chi connectivity index (χ0v) is 13.7. The third-order valence-electron chi connectivity index (χ3n) is 3.70. The monoisotopic (exact) mass is 292 g/mol. The molecule has 0 aliphatic carbocycles. The van der Waals surface area contributed by atoms with Gasteiger partial charge in [0.15, 0.2) is 0 Å². The van der Waals surface area contributed by atoms with E-state index in [1.54, 1.807) is 18.2 Å². The first-order chi connectivity index (χ1) is 9.91. The molecule has 0 radical (unpaired) electrons. The molecule has 21 heavy (non-hydrogen) atoms. The molecule has 0 saturated carbocycles. The zero-order valence-electron chi connectivity index (χ0n) is 13.7. The lowest BCUT2D eigenvalue weighted by atomic mass is 9.86. The number of nitrogen functional groups attached to an aromatic ring is 1. The van der Waals surface area contributed by atoms with Gasteiger partial charge in [0.2, 0.25) is 0 Å². The molecule has 0 saturated heterocycles. The normalized spacial score (nSPS) is 11.2. The van der Waals surface area contributed by atoms with E-state index in [2.05, 4.69) is 26.1 Å². The van der Waals surface area contributed by atoms with E-state index in [1.165, 1.54) is 26.4 Å². The van der Waals surface area contributed by atoms with Crippen molar-refractivity contribution in [3.8, 4) is 0 Å². The molecule has 0 bridgehead atoms. The van der Waals surface area contributed by atoms with Crippen molar-refractivity contribution in [1.29, 1.82) is 0 Å². The number of unbranched alkanes of at least 4 members (excludes halogenated alkanes) is 2. The fourth-order valence-corrected chi connectivity index (χ4v) is 2.32. The Bertz CT molecular complexity index is 470. The summed E-state index contributed by atoms with van der Waals surface area (Å²) >= 11 is 0. The average molecular weight is 292 g/mol. The van der Waals surface area contributed by atoms with Crippen LogP contribution in [0.2, 0.25) is 0 Å². The van der Waals surface area contributed by atoms with Crippen LogP contribution in [0.1, 0.15) is 56.8 Å². The van der Waals surface area contributed by atoms with Crippen molar-refractivity contribution in [1.82, 2.24) is 0 Å². The fourth-order valence-electron chi connectivity index (χ4n) is 2.32. The van der Waals surface area contributed by atoms with Crippen LogP contribution in [-0.4, -0.2) is 19.6 Å². The van der Waals surface area contributed by atoms with Crippen molar-refractivity contribution in [3.63, 3.8) is 0 Å². The van der Waals surface area contributed by atoms with Crippen molar-refractivity contribution >= 4 is 17.3 Å². The first kappa shape index (κ1) is 17.3. The second kappa shape index (κ2) is 7.91. The predicted molar refractivity (Wildman–Crippen MR) is 88.6 cm³/mol. The number of hydrogen-bond acceptors (Lipinski definition) is 4. The molecule has 0 fully saturated rings. The Morgan fingerprint density at radius 1 is 1.33 bits per heavy atom. The molecule has 1 aromatic carbocycles. The molecule has 0 aliphatic heterocycles. The number of carbonyl (C=O) groups is 1. The van der Waals surface area contributed by atoms with Crippen molar-refractivity contribution in [2.75, 3.05) is 24.7 Å². The summed E-state index contributed by atoms with van der Waals surface area (Å²) in [6.45, 7) is 7.44. The van der Waals surface area contributed by atoms with Crippen molar-refractivity contribution in [3.05, 3.63) is 23.8 Å². The number of hydrogen-bond donors (Lipinski definition) is 2. The summed E-state index contributed by atoms with van der Waals surface area (Å²) in [5.41, 5.74) is 7.89. The van der Waals surface area contributed by atoms with Gasteiger partial charge in [-0.1, -0.05) is 46.1 Å². The summed E-state index contributed by atoms with van der Waals surface area (Å²) in [5.74, 6) is -0.367. The Hall–Kier alpha value is -1.71. The van der Waals surface area contributed by atoms with Crippen molar-refractivity contribution < 1.29 is 9.53 Å². The number of ether oxygens (including phenoxy) is 1. The number of methoxy groups -OCH3 is 1. The van der Waals surface area contributed by atoms with Gasteiger partial charge in [-0.25, -0.2) is 4.79 Å². The zero-order chi connectivity index (χ0) is 15.9. The number of nitrogens with one attached hydrogen (secondary N) is 1. The van der Waals surface area contributed by atoms with Crippen molar-refractivity contribution in [2.45, 2.75) is 46.5 Å². The summed E-state index contributed by atoms with van der Waals surface area (Å²) in [6.07, 6.45) is 4.85. The molecule has 3 N–H and O–H groups in total. The summed E-state index contributed by atoms with van der Waals surface area (Å²) in [7, 11) is 1.38. The van der Waals surface area contributed by atoms with Gasteiger partial charge in [-0.2, -0.15) is 0 Å². The molecular weight excluding hydrogens is 264 g/mol. The van der Waals surface area contributed by atoms with Gasteiger partial charge in [-0.15, -0.1) is 0 Å². The van der Waals surface area contributed by atoms with E-state index in [1.807, 2.05) is 0 Å². The van der Waals surface area contributed by atoms with E-state index in [9.17, 15) is 4.79 Å². The van der Waals surface area contributed by atoms with E-state index in [-0.39, 0.29) is 11.4 Å². The highest BCUT2D eigenvalue weighted by Crippen LogP contribution is 2.28. The number of benzene rings is 1. The molecule has 0 amide bonds. The summed E-state index contributed by atoms with van der Waals surface area (Å²) in [4.78, 5) is 11.8. The molecule has 118 valence electrons. The van der Waals surface area contributed by atoms with E-state index in [0.29, 0.717) is 16.9 Å². The van der Waals surface area contributed by atoms with E-state index >= 15 is 0 Å². The van der Waals surface area contributed by atoms with E-state index in [0.717, 1.165) is 13.0 Å². The maximum Gasteiger partial charge on any atom is 0.340 e. The Labute approximate surface area is 128 Å². The van der Waals surface area contributed by atoms with Crippen molar-refractivity contribution in [2.24, 2.45) is 5.41 Å². The van der Waals surface area contributed by atoms with Gasteiger partial charge in [0, 0.05) is 6.54 Å². The maximum absolute atomic E-state index is 11.8. The summed E-state index contributed by atoms with van der Waals surface area (Å²) < 4.78 is 4.81. The quantitative estimate of drug-likeness (QED) is 0.430. The number of anilines is 2. The van der Waals surface area contributed by atoms with Gasteiger partial charge in [0.05, 0.1) is 24.0 Å². The first-order valence-corrected chi connectivity index (χ1v) is 7.62. The van der Waals surface area contributed by atoms with Crippen LogP contribution in [0.3, 0.4) is 0 Å². The minimum Gasteiger partial charge on any atom is -0.465 e. The molecule has 0 aromatic heterocycles. The molecule has 1 aromatic rings. The predicted octanol–water partition coefficient (Wildman–Crippen LogP) is 4.07. The Kier molecular flexibility index (Phi) is 6.53. The third kappa shape index (κ3) is 5.29. The lowest BCUT2D eigenvalue weighted by molar-refractivity contribution is 0.0602. The Morgan fingerprint density at radius 3 is 2.67 bits per heavy atom. The van der Waals surface area contributed by atoms with Crippen LogP contribution in [0.4, 0.5) is 11.4 Å². The summed E-state index contributed by atoms with van der Waals surface area (Å²) in [5, 5.41) is 3.34. The van der Waals surface area contributed by atoms with Crippen LogP contribution in [-0.2, 0) is 4.74 Å². The second-order valence-electron chi connectivity index (χ2n) is 6.24. The number of nitrogens with two attached hydrogens (primary N) is 1. The highest BCUT2D eigenvalue weighted by Gasteiger charge is 2.20. The number of esters is 1. The van der Waals surface area contributed by atoms with Crippen LogP contribution in [0.25, 0.3) is 0 Å². The molecule has 0 atom stereocenters. The molecule has 0 aliphatic rings. The standard InChI is InChI=1S/C17H28N2O2/c1-5-6-7-11-17(2,3)12-19-15-13(16(20)21-4)9-8-10-14(15)18/h8-10,19H,5-7,11-12,18H2,1-4H3. The van der Waals surface area contributed by atoms with Crippen LogP contribution in [0.15, 0.2) is 18.2 Å². The number of rotatable bonds is 8. The van der Waals surface area contributed by atoms with Crippen LogP contribution < -0.4 is 11.1 Å². The minimum absolute atomic E-state index is 0.158. The van der Waals surface area contributed by atoms with E-state index < -0.39 is 0 Å². The van der Waals surface area contributed by atoms with E-state index in [4.69, 9.17) is 10.5 Å². The van der Waals surface area contributed by atoms with Gasteiger partial charge < -0.3 is 15.8 Å². The highest BCUT2D eigenvalue weighted by atomic mass is 16.5. The topological polar surface area (TPSA) is 64.3 Å². The smallest absolute Gasteiger partial charge is 0.340 e. The first-order valence-electron chi connectivity index (χ1n) is 7.62. The Morgan fingerprint density at radius 2 is 2.05 bits per heavy atom. The SMILES string of the molecule is CCCCCC(C)(C)CNc1c(N)cccc1C(=O)OC. The molecular formula is C17H28N2O2. The largest absolute Gasteiger partial charge is 0.465 e. The molecule has 4 heteroatoms. The maximum atomic E-state index is 11.8. The Balaban J connectivity index is 2.76. The number of carbonyl (C=O) groups excluding carboxylic acids is 1. The van der Waals surface area contributed by atoms with Gasteiger partial charge in [0.1, 0.15) is 0 Å².